The van der Waals surface area contributed by atoms with Gasteiger partial charge < -0.3 is 5.32 Å². The van der Waals surface area contributed by atoms with E-state index >= 15 is 0 Å². The molecule has 0 aliphatic heterocycles. The molecule has 2 unspecified atom stereocenters. The van der Waals surface area contributed by atoms with Crippen molar-refractivity contribution in [2.24, 2.45) is 5.92 Å². The summed E-state index contributed by atoms with van der Waals surface area (Å²) in [5.74, 6) is 0.760. The molecule has 18 heavy (non-hydrogen) atoms. The Morgan fingerprint density at radius 1 is 0.889 bits per heavy atom. The van der Waals surface area contributed by atoms with Crippen molar-refractivity contribution in [1.29, 1.82) is 0 Å². The van der Waals surface area contributed by atoms with E-state index in [4.69, 9.17) is 0 Å². The van der Waals surface area contributed by atoms with Crippen LogP contribution >= 0.6 is 0 Å². The van der Waals surface area contributed by atoms with Gasteiger partial charge in [-0.05, 0) is 31.7 Å². The first-order valence-corrected chi connectivity index (χ1v) is 7.96. The van der Waals surface area contributed by atoms with Crippen molar-refractivity contribution in [3.05, 3.63) is 0 Å². The van der Waals surface area contributed by atoms with E-state index in [0.717, 1.165) is 19.0 Å². The fourth-order valence-corrected chi connectivity index (χ4v) is 1.96. The van der Waals surface area contributed by atoms with Crippen LogP contribution in [0.15, 0.2) is 0 Å². The standard InChI is InChI=1S/C15H35N3/c1-5-8-10-14(4)13-17-18-15(11-9-6-2)16-12-7-3/h14-18H,5-13H2,1-4H3. The molecule has 0 rings (SSSR count). The molecule has 0 saturated carbocycles. The molecular formula is C15H35N3. The number of hydrogen-bond donors (Lipinski definition) is 3. The van der Waals surface area contributed by atoms with Crippen molar-refractivity contribution in [3.63, 3.8) is 0 Å². The minimum absolute atomic E-state index is 0.420. The van der Waals surface area contributed by atoms with Crippen molar-refractivity contribution in [3.8, 4) is 0 Å². The topological polar surface area (TPSA) is 36.1 Å². The summed E-state index contributed by atoms with van der Waals surface area (Å²) in [7, 11) is 0. The molecule has 0 radical (unpaired) electrons. The van der Waals surface area contributed by atoms with Crippen LogP contribution in [0.2, 0.25) is 0 Å². The number of rotatable bonds is 13. The first-order valence-electron chi connectivity index (χ1n) is 7.96. The highest BCUT2D eigenvalue weighted by Crippen LogP contribution is 2.05. The van der Waals surface area contributed by atoms with Gasteiger partial charge >= 0.3 is 0 Å². The summed E-state index contributed by atoms with van der Waals surface area (Å²) in [6, 6.07) is 0. The molecule has 3 nitrogen and oxygen atoms in total. The lowest BCUT2D eigenvalue weighted by Crippen LogP contribution is -2.50. The molecule has 0 saturated heterocycles. The number of unbranched alkanes of at least 4 members (excludes halogenated alkanes) is 2. The van der Waals surface area contributed by atoms with E-state index < -0.39 is 0 Å². The minimum atomic E-state index is 0.420. The second-order valence-electron chi connectivity index (χ2n) is 5.42. The Morgan fingerprint density at radius 2 is 1.56 bits per heavy atom. The Labute approximate surface area is 114 Å². The summed E-state index contributed by atoms with van der Waals surface area (Å²) in [5.41, 5.74) is 6.84. The number of hydrazine groups is 1. The van der Waals surface area contributed by atoms with E-state index in [2.05, 4.69) is 43.9 Å². The maximum absolute atomic E-state index is 3.55. The molecule has 0 amide bonds. The third kappa shape index (κ3) is 11.0. The van der Waals surface area contributed by atoms with Crippen LogP contribution in [0.1, 0.15) is 72.6 Å². The second-order valence-corrected chi connectivity index (χ2v) is 5.42. The molecule has 0 spiro atoms. The molecule has 110 valence electrons. The maximum Gasteiger partial charge on any atom is 0.0704 e. The molecule has 0 aliphatic rings. The molecule has 0 aromatic heterocycles. The van der Waals surface area contributed by atoms with Crippen LogP contribution in [0.3, 0.4) is 0 Å². The molecular weight excluding hydrogens is 222 g/mol. The van der Waals surface area contributed by atoms with Gasteiger partial charge in [0.2, 0.25) is 0 Å². The Hall–Kier alpha value is -0.120. The van der Waals surface area contributed by atoms with E-state index in [1.165, 1.54) is 44.9 Å². The van der Waals surface area contributed by atoms with Crippen LogP contribution in [0.4, 0.5) is 0 Å². The minimum Gasteiger partial charge on any atom is -0.301 e. The Morgan fingerprint density at radius 3 is 2.17 bits per heavy atom. The van der Waals surface area contributed by atoms with E-state index in [1.54, 1.807) is 0 Å². The summed E-state index contributed by atoms with van der Waals surface area (Å²) in [5, 5.41) is 3.55. The highest BCUT2D eigenvalue weighted by Gasteiger charge is 2.06. The lowest BCUT2D eigenvalue weighted by Gasteiger charge is -2.22. The number of nitrogens with one attached hydrogen (secondary N) is 3. The van der Waals surface area contributed by atoms with Crippen molar-refractivity contribution in [2.45, 2.75) is 78.8 Å². The third-order valence-corrected chi connectivity index (χ3v) is 3.26. The largest absolute Gasteiger partial charge is 0.301 e. The molecule has 0 bridgehead atoms. The van der Waals surface area contributed by atoms with Crippen LogP contribution < -0.4 is 16.2 Å². The smallest absolute Gasteiger partial charge is 0.0704 e. The van der Waals surface area contributed by atoms with Gasteiger partial charge in [-0.2, -0.15) is 0 Å². The van der Waals surface area contributed by atoms with Gasteiger partial charge in [0.15, 0.2) is 0 Å². The van der Waals surface area contributed by atoms with E-state index in [9.17, 15) is 0 Å². The second kappa shape index (κ2) is 13.3. The van der Waals surface area contributed by atoms with Gasteiger partial charge in [0.05, 0.1) is 6.17 Å². The van der Waals surface area contributed by atoms with Gasteiger partial charge in [-0.1, -0.05) is 53.4 Å². The average molecular weight is 257 g/mol. The normalized spacial score (nSPS) is 14.7. The fourth-order valence-electron chi connectivity index (χ4n) is 1.96. The predicted molar refractivity (Wildman–Crippen MR) is 81.4 cm³/mol. The Kier molecular flexibility index (Phi) is 13.2. The van der Waals surface area contributed by atoms with Crippen LogP contribution in [0.25, 0.3) is 0 Å². The SMILES string of the molecule is CCCCC(C)CNNC(CCCC)NCCC. The zero-order valence-electron chi connectivity index (χ0n) is 13.0. The zero-order chi connectivity index (χ0) is 13.6. The molecule has 0 aromatic rings. The highest BCUT2D eigenvalue weighted by atomic mass is 15.4. The van der Waals surface area contributed by atoms with Gasteiger partial charge in [0.1, 0.15) is 0 Å². The molecule has 3 N–H and O–H groups in total. The predicted octanol–water partition coefficient (Wildman–Crippen LogP) is 3.42. The van der Waals surface area contributed by atoms with Gasteiger partial charge in [0, 0.05) is 6.54 Å². The van der Waals surface area contributed by atoms with Gasteiger partial charge in [0.25, 0.3) is 0 Å². The summed E-state index contributed by atoms with van der Waals surface area (Å²) in [6.45, 7) is 11.2. The van der Waals surface area contributed by atoms with Crippen LogP contribution in [-0.2, 0) is 0 Å². The van der Waals surface area contributed by atoms with E-state index in [0.29, 0.717) is 6.17 Å². The first-order chi connectivity index (χ1) is 8.74. The molecule has 0 aliphatic carbocycles. The van der Waals surface area contributed by atoms with Gasteiger partial charge in [-0.15, -0.1) is 0 Å². The highest BCUT2D eigenvalue weighted by molar-refractivity contribution is 4.63. The van der Waals surface area contributed by atoms with E-state index in [-0.39, 0.29) is 0 Å². The number of hydrogen-bond acceptors (Lipinski definition) is 3. The lowest BCUT2D eigenvalue weighted by molar-refractivity contribution is 0.321. The van der Waals surface area contributed by atoms with Crippen molar-refractivity contribution in [1.82, 2.24) is 16.2 Å². The molecule has 2 atom stereocenters. The Balaban J connectivity index is 3.65. The summed E-state index contributed by atoms with van der Waals surface area (Å²) in [4.78, 5) is 0. The monoisotopic (exact) mass is 257 g/mol. The maximum atomic E-state index is 3.55. The van der Waals surface area contributed by atoms with Crippen molar-refractivity contribution in [2.75, 3.05) is 13.1 Å². The van der Waals surface area contributed by atoms with Crippen molar-refractivity contribution < 1.29 is 0 Å². The van der Waals surface area contributed by atoms with Crippen LogP contribution in [-0.4, -0.2) is 19.3 Å². The quantitative estimate of drug-likeness (QED) is 0.349. The molecule has 0 fully saturated rings. The molecule has 0 aromatic carbocycles. The average Bonchev–Trinajstić information content (AvgIpc) is 2.38. The zero-order valence-corrected chi connectivity index (χ0v) is 13.0. The van der Waals surface area contributed by atoms with Crippen molar-refractivity contribution >= 4 is 0 Å². The first kappa shape index (κ1) is 17.9. The van der Waals surface area contributed by atoms with Crippen LogP contribution in [0, 0.1) is 5.92 Å². The summed E-state index contributed by atoms with van der Waals surface area (Å²) < 4.78 is 0. The molecule has 0 heterocycles. The van der Waals surface area contributed by atoms with Crippen LogP contribution in [0.5, 0.6) is 0 Å². The molecule has 3 heteroatoms. The summed E-state index contributed by atoms with van der Waals surface area (Å²) in [6.07, 6.45) is 9.33. The van der Waals surface area contributed by atoms with Gasteiger partial charge in [-0.25, -0.2) is 5.43 Å². The Bertz CT molecular complexity index is 154. The van der Waals surface area contributed by atoms with Gasteiger partial charge in [-0.3, -0.25) is 5.43 Å². The lowest BCUT2D eigenvalue weighted by atomic mass is 10.1. The summed E-state index contributed by atoms with van der Waals surface area (Å²) >= 11 is 0. The van der Waals surface area contributed by atoms with E-state index in [1.807, 2.05) is 0 Å². The third-order valence-electron chi connectivity index (χ3n) is 3.26. The fraction of sp³-hybridized carbons (Fsp3) is 1.00.